The van der Waals surface area contributed by atoms with E-state index >= 15 is 0 Å². The molecule has 1 atom stereocenters. The number of aliphatic hydroxyl groups excluding tert-OH is 1. The lowest BCUT2D eigenvalue weighted by Gasteiger charge is -2.26. The molecule has 1 aliphatic heterocycles. The number of ether oxygens (including phenoxy) is 1. The summed E-state index contributed by atoms with van der Waals surface area (Å²) in [5.74, 6) is -0.918. The summed E-state index contributed by atoms with van der Waals surface area (Å²) in [6.45, 7) is 0.273. The topological polar surface area (TPSA) is 95.8 Å². The lowest BCUT2D eigenvalue weighted by Crippen LogP contribution is -2.33. The molecule has 3 heterocycles. The smallest absolute Gasteiger partial charge is 0.290 e. The molecule has 2 aromatic carbocycles. The average Bonchev–Trinajstić information content (AvgIpc) is 3.58. The second-order valence-corrected chi connectivity index (χ2v) is 8.43. The zero-order valence-electron chi connectivity index (χ0n) is 18.2. The monoisotopic (exact) mass is 476 g/mol. The van der Waals surface area contributed by atoms with Gasteiger partial charge in [-0.15, -0.1) is 0 Å². The van der Waals surface area contributed by atoms with Gasteiger partial charge in [0.15, 0.2) is 11.5 Å². The number of nitrogens with one attached hydrogen (secondary N) is 1. The molecule has 4 aromatic rings. The van der Waals surface area contributed by atoms with Crippen LogP contribution in [0.15, 0.2) is 82.8 Å². The van der Waals surface area contributed by atoms with Gasteiger partial charge in [0.2, 0.25) is 5.78 Å². The lowest BCUT2D eigenvalue weighted by molar-refractivity contribution is -0.129. The van der Waals surface area contributed by atoms with Gasteiger partial charge in [-0.05, 0) is 60.0 Å². The van der Waals surface area contributed by atoms with Crippen LogP contribution in [0.25, 0.3) is 10.9 Å². The minimum atomic E-state index is -0.776. The van der Waals surface area contributed by atoms with E-state index in [0.29, 0.717) is 17.0 Å². The largest absolute Gasteiger partial charge is 0.503 e. The highest BCUT2D eigenvalue weighted by Gasteiger charge is 2.44. The van der Waals surface area contributed by atoms with Crippen molar-refractivity contribution in [3.05, 3.63) is 100 Å². The van der Waals surface area contributed by atoms with Crippen LogP contribution < -0.4 is 4.74 Å². The van der Waals surface area contributed by atoms with Crippen molar-refractivity contribution in [1.82, 2.24) is 9.88 Å². The fourth-order valence-corrected chi connectivity index (χ4v) is 4.51. The van der Waals surface area contributed by atoms with Crippen molar-refractivity contribution in [2.75, 3.05) is 13.7 Å². The number of carbonyl (C=O) groups excluding carboxylic acids is 2. The van der Waals surface area contributed by atoms with Crippen LogP contribution in [-0.2, 0) is 11.2 Å². The van der Waals surface area contributed by atoms with Crippen LogP contribution in [0.2, 0.25) is 5.02 Å². The van der Waals surface area contributed by atoms with Crippen LogP contribution in [0, 0.1) is 0 Å². The number of aromatic amines is 1. The quantitative estimate of drug-likeness (QED) is 0.355. The van der Waals surface area contributed by atoms with E-state index in [2.05, 4.69) is 4.98 Å². The van der Waals surface area contributed by atoms with Crippen LogP contribution in [0.4, 0.5) is 0 Å². The Kier molecular flexibility index (Phi) is 5.63. The van der Waals surface area contributed by atoms with Crippen LogP contribution >= 0.6 is 11.6 Å². The standard InChI is InChI=1S/C26H21ClN2O5/c1-33-18-8-9-20-19(13-18)16(14-28-20)10-11-29-23(15-4-6-17(27)7-5-15)22(25(31)26(29)32)24(30)21-3-2-12-34-21/h2-9,12-14,23,28,31H,10-11H2,1H3/t23-/m0/s1. The molecule has 0 unspecified atom stereocenters. The Hall–Kier alpha value is -3.97. The molecule has 2 N–H and O–H groups in total. The summed E-state index contributed by atoms with van der Waals surface area (Å²) in [5, 5.41) is 12.3. The lowest BCUT2D eigenvalue weighted by atomic mass is 9.95. The first-order valence-electron chi connectivity index (χ1n) is 10.7. The van der Waals surface area contributed by atoms with Crippen molar-refractivity contribution in [3.63, 3.8) is 0 Å². The van der Waals surface area contributed by atoms with Gasteiger partial charge < -0.3 is 24.1 Å². The molecule has 1 amide bonds. The average molecular weight is 477 g/mol. The molecule has 0 fully saturated rings. The van der Waals surface area contributed by atoms with Gasteiger partial charge in [-0.2, -0.15) is 0 Å². The number of aromatic nitrogens is 1. The van der Waals surface area contributed by atoms with Crippen molar-refractivity contribution in [1.29, 1.82) is 0 Å². The fraction of sp³-hybridized carbons (Fsp3) is 0.154. The summed E-state index contributed by atoms with van der Waals surface area (Å²) in [4.78, 5) is 31.1. The van der Waals surface area contributed by atoms with Crippen molar-refractivity contribution >= 4 is 34.2 Å². The minimum Gasteiger partial charge on any atom is -0.503 e. The Labute approximate surface area is 200 Å². The van der Waals surface area contributed by atoms with E-state index in [1.54, 1.807) is 37.4 Å². The number of carbonyl (C=O) groups is 2. The molecule has 34 heavy (non-hydrogen) atoms. The third-order valence-electron chi connectivity index (χ3n) is 6.08. The zero-order chi connectivity index (χ0) is 23.8. The molecule has 172 valence electrons. The summed E-state index contributed by atoms with van der Waals surface area (Å²) in [6.07, 6.45) is 3.77. The molecule has 0 aliphatic carbocycles. The first-order valence-corrected chi connectivity index (χ1v) is 11.1. The third-order valence-corrected chi connectivity index (χ3v) is 6.33. The maximum absolute atomic E-state index is 13.2. The second-order valence-electron chi connectivity index (χ2n) is 8.00. The van der Waals surface area contributed by atoms with E-state index < -0.39 is 23.5 Å². The summed E-state index contributed by atoms with van der Waals surface area (Å²) in [5.41, 5.74) is 2.59. The number of Topliss-reactive ketones (excluding diaryl/α,β-unsaturated/α-hetero) is 1. The summed E-state index contributed by atoms with van der Waals surface area (Å²) >= 11 is 6.06. The van der Waals surface area contributed by atoms with Gasteiger partial charge in [-0.1, -0.05) is 23.7 Å². The van der Waals surface area contributed by atoms with Crippen LogP contribution in [-0.4, -0.2) is 40.3 Å². The van der Waals surface area contributed by atoms with Gasteiger partial charge in [-0.3, -0.25) is 9.59 Å². The van der Waals surface area contributed by atoms with Crippen LogP contribution in [0.1, 0.15) is 27.7 Å². The SMILES string of the molecule is COc1ccc2[nH]cc(CCN3C(=O)C(O)=C(C(=O)c4ccco4)[C@@H]3c3ccc(Cl)cc3)c2c1. The molecule has 2 aromatic heterocycles. The van der Waals surface area contributed by atoms with E-state index in [4.69, 9.17) is 20.8 Å². The molecule has 8 heteroatoms. The number of fused-ring (bicyclic) bond motifs is 1. The second kappa shape index (κ2) is 8.76. The molecule has 5 rings (SSSR count). The van der Waals surface area contributed by atoms with Gasteiger partial charge in [0.25, 0.3) is 5.91 Å². The molecule has 0 spiro atoms. The molecule has 7 nitrogen and oxygen atoms in total. The molecule has 0 radical (unpaired) electrons. The molecule has 0 saturated heterocycles. The number of H-pyrrole nitrogens is 1. The number of methoxy groups -OCH3 is 1. The van der Waals surface area contributed by atoms with Gasteiger partial charge in [0, 0.05) is 28.7 Å². The predicted molar refractivity (Wildman–Crippen MR) is 127 cm³/mol. The fourth-order valence-electron chi connectivity index (χ4n) is 4.38. The highest BCUT2D eigenvalue weighted by atomic mass is 35.5. The van der Waals surface area contributed by atoms with Gasteiger partial charge in [-0.25, -0.2) is 0 Å². The maximum atomic E-state index is 13.2. The zero-order valence-corrected chi connectivity index (χ0v) is 19.0. The van der Waals surface area contributed by atoms with E-state index in [-0.39, 0.29) is 17.9 Å². The Morgan fingerprint density at radius 3 is 2.71 bits per heavy atom. The van der Waals surface area contributed by atoms with Gasteiger partial charge in [0.1, 0.15) is 5.75 Å². The number of furan rings is 1. The number of benzene rings is 2. The molecule has 0 saturated carbocycles. The van der Waals surface area contributed by atoms with E-state index in [1.807, 2.05) is 24.4 Å². The highest BCUT2D eigenvalue weighted by Crippen LogP contribution is 2.39. The number of aliphatic hydroxyl groups is 1. The van der Waals surface area contributed by atoms with Gasteiger partial charge in [0.05, 0.1) is 25.0 Å². The summed E-state index contributed by atoms with van der Waals surface area (Å²) in [7, 11) is 1.61. The first kappa shape index (κ1) is 21.9. The molecule has 0 bridgehead atoms. The van der Waals surface area contributed by atoms with Crippen molar-refractivity contribution in [2.45, 2.75) is 12.5 Å². The third kappa shape index (κ3) is 3.74. The Bertz CT molecular complexity index is 1400. The predicted octanol–water partition coefficient (Wildman–Crippen LogP) is 5.24. The summed E-state index contributed by atoms with van der Waals surface area (Å²) in [6, 6.07) is 14.9. The van der Waals surface area contributed by atoms with Crippen LogP contribution in [0.5, 0.6) is 5.75 Å². The summed E-state index contributed by atoms with van der Waals surface area (Å²) < 4.78 is 10.6. The Morgan fingerprint density at radius 1 is 1.21 bits per heavy atom. The molecular weight excluding hydrogens is 456 g/mol. The number of halogens is 1. The number of nitrogens with zero attached hydrogens (tertiary/aromatic N) is 1. The van der Waals surface area contributed by atoms with Crippen molar-refractivity contribution in [2.24, 2.45) is 0 Å². The number of hydrogen-bond donors (Lipinski definition) is 2. The van der Waals surface area contributed by atoms with E-state index in [0.717, 1.165) is 22.2 Å². The highest BCUT2D eigenvalue weighted by molar-refractivity contribution is 6.30. The van der Waals surface area contributed by atoms with Crippen molar-refractivity contribution < 1.29 is 23.8 Å². The Morgan fingerprint density at radius 2 is 2.00 bits per heavy atom. The van der Waals surface area contributed by atoms with Gasteiger partial charge >= 0.3 is 0 Å². The van der Waals surface area contributed by atoms with E-state index in [1.165, 1.54) is 17.2 Å². The Balaban J connectivity index is 1.50. The maximum Gasteiger partial charge on any atom is 0.290 e. The normalized spacial score (nSPS) is 16.0. The molecule has 1 aliphatic rings. The number of ketones is 1. The van der Waals surface area contributed by atoms with Crippen molar-refractivity contribution in [3.8, 4) is 5.75 Å². The minimum absolute atomic E-state index is 0.0112. The van der Waals surface area contributed by atoms with Crippen LogP contribution in [0.3, 0.4) is 0 Å². The number of rotatable bonds is 7. The first-order chi connectivity index (χ1) is 16.5. The van der Waals surface area contributed by atoms with E-state index in [9.17, 15) is 14.7 Å². The number of hydrogen-bond acceptors (Lipinski definition) is 5. The molecular formula is C26H21ClN2O5. The number of amides is 1.